The summed E-state index contributed by atoms with van der Waals surface area (Å²) in [6.07, 6.45) is 3.22. The van der Waals surface area contributed by atoms with Gasteiger partial charge in [0.2, 0.25) is 0 Å². The van der Waals surface area contributed by atoms with Crippen LogP contribution in [0.15, 0.2) is 47.4 Å². The first-order chi connectivity index (χ1) is 19.9. The lowest BCUT2D eigenvalue weighted by molar-refractivity contribution is -0.0167. The molecule has 1 aliphatic heterocycles. The monoisotopic (exact) mass is 607 g/mol. The molecular weight excluding hydrogens is 561 g/mol. The van der Waals surface area contributed by atoms with Gasteiger partial charge in [0.15, 0.2) is 0 Å². The Kier molecular flexibility index (Phi) is 12.6. The van der Waals surface area contributed by atoms with Crippen molar-refractivity contribution >= 4 is 21.6 Å². The fraction of sp³-hybridized carbons (Fsp3) is 0.581. The van der Waals surface area contributed by atoms with E-state index in [1.54, 1.807) is 24.0 Å². The lowest BCUT2D eigenvalue weighted by atomic mass is 10.0. The molecule has 0 spiro atoms. The van der Waals surface area contributed by atoms with E-state index in [4.69, 9.17) is 9.47 Å². The third kappa shape index (κ3) is 9.39. The number of hydrogen-bond acceptors (Lipinski definition) is 7. The molecule has 2 aromatic rings. The van der Waals surface area contributed by atoms with Gasteiger partial charge in [0.1, 0.15) is 11.6 Å². The highest BCUT2D eigenvalue weighted by Crippen LogP contribution is 2.29. The molecule has 4 atom stereocenters. The van der Waals surface area contributed by atoms with E-state index < -0.39 is 21.9 Å². The van der Waals surface area contributed by atoms with Gasteiger partial charge in [-0.05, 0) is 95.6 Å². The second-order valence-electron chi connectivity index (χ2n) is 11.3. The van der Waals surface area contributed by atoms with Crippen molar-refractivity contribution in [2.45, 2.75) is 76.5 Å². The number of carbonyl (C=O) groups excluding carboxylic acids is 1. The normalized spacial score (nSPS) is 21.8. The summed E-state index contributed by atoms with van der Waals surface area (Å²) in [5.41, 5.74) is 0.349. The lowest BCUT2D eigenvalue weighted by Gasteiger charge is -2.35. The number of rotatable bonds is 9. The van der Waals surface area contributed by atoms with Crippen molar-refractivity contribution in [1.82, 2.24) is 9.80 Å². The molecule has 0 saturated heterocycles. The fourth-order valence-corrected chi connectivity index (χ4v) is 6.11. The van der Waals surface area contributed by atoms with Crippen LogP contribution in [0.3, 0.4) is 0 Å². The van der Waals surface area contributed by atoms with Gasteiger partial charge in [0.05, 0.1) is 35.3 Å². The molecule has 0 aliphatic carbocycles. The molecule has 0 radical (unpaired) electrons. The third-order valence-corrected chi connectivity index (χ3v) is 8.92. The van der Waals surface area contributed by atoms with Gasteiger partial charge in [-0.15, -0.1) is 0 Å². The van der Waals surface area contributed by atoms with Crippen molar-refractivity contribution in [3.63, 3.8) is 0 Å². The van der Waals surface area contributed by atoms with Crippen LogP contribution in [0.5, 0.6) is 5.75 Å². The Bertz CT molecular complexity index is 1260. The first-order valence-electron chi connectivity index (χ1n) is 14.8. The Hall–Kier alpha value is -2.73. The van der Waals surface area contributed by atoms with E-state index in [0.29, 0.717) is 18.9 Å². The van der Waals surface area contributed by atoms with Crippen LogP contribution in [-0.2, 0) is 14.8 Å². The van der Waals surface area contributed by atoms with Crippen molar-refractivity contribution < 1.29 is 32.2 Å². The number of ether oxygens (including phenoxy) is 2. The van der Waals surface area contributed by atoms with Crippen LogP contribution in [-0.4, -0.2) is 87.4 Å². The Balaban J connectivity index is 2.00. The van der Waals surface area contributed by atoms with Gasteiger partial charge in [0.25, 0.3) is 15.9 Å². The standard InChI is InChI=1S/C31H46FN3O6S/c1-6-16-34(5)20-30-22(2)19-35(23(3)21-36)31(37)28-18-26(33-42(38,39)27-13-10-25(32)11-14-27)12-15-29(28)41-24(4)9-7-8-17-40-30/h10-15,18,22-24,30,33,36H,6-9,16-17,19-21H2,1-5H3/t22-,23+,24-,30-/m1/s1. The number of sulfonamides is 1. The number of anilines is 1. The quantitative estimate of drug-likeness (QED) is 0.423. The van der Waals surface area contributed by atoms with Gasteiger partial charge < -0.3 is 24.4 Å². The van der Waals surface area contributed by atoms with Gasteiger partial charge in [-0.1, -0.05) is 13.8 Å². The number of hydrogen-bond donors (Lipinski definition) is 2. The van der Waals surface area contributed by atoms with E-state index in [0.717, 1.165) is 50.9 Å². The zero-order valence-electron chi connectivity index (χ0n) is 25.4. The first-order valence-corrected chi connectivity index (χ1v) is 16.2. The Morgan fingerprint density at radius 2 is 1.88 bits per heavy atom. The van der Waals surface area contributed by atoms with Gasteiger partial charge >= 0.3 is 0 Å². The highest BCUT2D eigenvalue weighted by molar-refractivity contribution is 7.92. The molecule has 9 nitrogen and oxygen atoms in total. The minimum atomic E-state index is -4.04. The molecule has 0 saturated carbocycles. The van der Waals surface area contributed by atoms with E-state index >= 15 is 0 Å². The average molecular weight is 608 g/mol. The summed E-state index contributed by atoms with van der Waals surface area (Å²) in [7, 11) is -1.98. The van der Waals surface area contributed by atoms with Crippen molar-refractivity contribution in [3.8, 4) is 5.75 Å². The number of nitrogens with zero attached hydrogens (tertiary/aromatic N) is 2. The molecule has 2 aromatic carbocycles. The average Bonchev–Trinajstić information content (AvgIpc) is 2.94. The van der Waals surface area contributed by atoms with Gasteiger partial charge in [-0.3, -0.25) is 9.52 Å². The second kappa shape index (κ2) is 15.7. The van der Waals surface area contributed by atoms with E-state index in [2.05, 4.69) is 23.6 Å². The van der Waals surface area contributed by atoms with Gasteiger partial charge in [-0.25, -0.2) is 12.8 Å². The van der Waals surface area contributed by atoms with E-state index in [-0.39, 0.29) is 46.8 Å². The maximum Gasteiger partial charge on any atom is 0.261 e. The molecule has 1 heterocycles. The topological polar surface area (TPSA) is 108 Å². The molecule has 0 fully saturated rings. The Morgan fingerprint density at radius 3 is 2.55 bits per heavy atom. The smallest absolute Gasteiger partial charge is 0.261 e. The zero-order valence-corrected chi connectivity index (χ0v) is 26.2. The Labute approximate surface area is 250 Å². The van der Waals surface area contributed by atoms with Gasteiger partial charge in [0, 0.05) is 31.3 Å². The number of benzene rings is 2. The number of likely N-dealkylation sites (N-methyl/N-ethyl adjacent to an activating group) is 1. The molecule has 2 N–H and O–H groups in total. The highest BCUT2D eigenvalue weighted by atomic mass is 32.2. The minimum Gasteiger partial charge on any atom is -0.490 e. The molecule has 42 heavy (non-hydrogen) atoms. The summed E-state index contributed by atoms with van der Waals surface area (Å²) in [6, 6.07) is 8.58. The lowest BCUT2D eigenvalue weighted by Crippen LogP contribution is -2.47. The largest absolute Gasteiger partial charge is 0.490 e. The number of carbonyl (C=O) groups is 1. The number of amides is 1. The SMILES string of the molecule is CCCN(C)C[C@H]1OCCCC[C@@H](C)Oc2ccc(NS(=O)(=O)c3ccc(F)cc3)cc2C(=O)N([C@@H](C)CO)C[C@H]1C. The van der Waals surface area contributed by atoms with Crippen LogP contribution in [0.2, 0.25) is 0 Å². The van der Waals surface area contributed by atoms with E-state index in [1.165, 1.54) is 18.2 Å². The summed E-state index contributed by atoms with van der Waals surface area (Å²) in [6.45, 7) is 10.2. The molecule has 1 amide bonds. The maximum atomic E-state index is 14.2. The summed E-state index contributed by atoms with van der Waals surface area (Å²) < 4.78 is 54.5. The van der Waals surface area contributed by atoms with E-state index in [9.17, 15) is 22.7 Å². The number of aliphatic hydroxyl groups excluding tert-OH is 1. The van der Waals surface area contributed by atoms with Crippen LogP contribution in [0.25, 0.3) is 0 Å². The number of aliphatic hydroxyl groups is 1. The summed E-state index contributed by atoms with van der Waals surface area (Å²) in [5.74, 6) is -0.638. The molecule has 0 aromatic heterocycles. The summed E-state index contributed by atoms with van der Waals surface area (Å²) >= 11 is 0. The molecule has 0 unspecified atom stereocenters. The molecule has 3 rings (SSSR count). The molecular formula is C31H46FN3O6S. The van der Waals surface area contributed by atoms with Crippen LogP contribution in [0, 0.1) is 11.7 Å². The molecule has 0 bridgehead atoms. The number of fused-ring (bicyclic) bond motifs is 1. The molecule has 234 valence electrons. The predicted octanol–water partition coefficient (Wildman–Crippen LogP) is 4.76. The minimum absolute atomic E-state index is 0.0475. The van der Waals surface area contributed by atoms with Crippen molar-refractivity contribution in [3.05, 3.63) is 53.8 Å². The van der Waals surface area contributed by atoms with Crippen LogP contribution in [0.4, 0.5) is 10.1 Å². The number of halogens is 1. The molecule has 11 heteroatoms. The first kappa shape index (κ1) is 33.8. The fourth-order valence-electron chi connectivity index (χ4n) is 5.06. The second-order valence-corrected chi connectivity index (χ2v) is 13.0. The summed E-state index contributed by atoms with van der Waals surface area (Å²) in [4.78, 5) is 17.9. The Morgan fingerprint density at radius 1 is 1.17 bits per heavy atom. The van der Waals surface area contributed by atoms with Crippen LogP contribution < -0.4 is 9.46 Å². The maximum absolute atomic E-state index is 14.2. The third-order valence-electron chi connectivity index (χ3n) is 7.52. The number of nitrogens with one attached hydrogen (secondary N) is 1. The van der Waals surface area contributed by atoms with Gasteiger partial charge in [-0.2, -0.15) is 0 Å². The van der Waals surface area contributed by atoms with E-state index in [1.807, 2.05) is 13.8 Å². The van der Waals surface area contributed by atoms with Crippen molar-refractivity contribution in [2.24, 2.45) is 5.92 Å². The van der Waals surface area contributed by atoms with Crippen LogP contribution in [0.1, 0.15) is 63.7 Å². The van der Waals surface area contributed by atoms with Crippen molar-refractivity contribution in [2.75, 3.05) is 44.6 Å². The summed E-state index contributed by atoms with van der Waals surface area (Å²) in [5, 5.41) is 10.1. The highest BCUT2D eigenvalue weighted by Gasteiger charge is 2.30. The van der Waals surface area contributed by atoms with Crippen molar-refractivity contribution in [1.29, 1.82) is 0 Å². The predicted molar refractivity (Wildman–Crippen MR) is 162 cm³/mol. The zero-order chi connectivity index (χ0) is 30.9. The molecule has 1 aliphatic rings. The van der Waals surface area contributed by atoms with Crippen LogP contribution >= 0.6 is 0 Å².